The topological polar surface area (TPSA) is 65.1 Å². The van der Waals surface area contributed by atoms with Gasteiger partial charge in [0.05, 0.1) is 6.10 Å². The third-order valence-corrected chi connectivity index (χ3v) is 3.44. The lowest BCUT2D eigenvalue weighted by Gasteiger charge is -2.06. The van der Waals surface area contributed by atoms with Gasteiger partial charge in [-0.1, -0.05) is 30.3 Å². The van der Waals surface area contributed by atoms with Gasteiger partial charge in [-0.25, -0.2) is 0 Å². The monoisotopic (exact) mass is 272 g/mol. The number of carbonyl (C=O) groups is 1. The molecule has 0 aliphatic heterocycles. The molecule has 0 bridgehead atoms. The van der Waals surface area contributed by atoms with E-state index in [9.17, 15) is 9.90 Å². The zero-order chi connectivity index (χ0) is 14.7. The number of nitrogens with one attached hydrogen (secondary N) is 2. The number of aliphatic hydroxyl groups is 1. The van der Waals surface area contributed by atoms with E-state index < -0.39 is 6.10 Å². The van der Waals surface area contributed by atoms with E-state index in [4.69, 9.17) is 0 Å². The van der Waals surface area contributed by atoms with Crippen molar-refractivity contribution in [1.29, 1.82) is 0 Å². The highest BCUT2D eigenvalue weighted by atomic mass is 16.3. The third kappa shape index (κ3) is 2.91. The van der Waals surface area contributed by atoms with Crippen LogP contribution in [-0.4, -0.2) is 16.0 Å². The van der Waals surface area contributed by atoms with Gasteiger partial charge in [0, 0.05) is 17.8 Å². The van der Waals surface area contributed by atoms with E-state index in [0.29, 0.717) is 12.2 Å². The summed E-state index contributed by atoms with van der Waals surface area (Å²) in [7, 11) is 0. The van der Waals surface area contributed by atoms with Crippen molar-refractivity contribution in [1.82, 2.24) is 10.3 Å². The van der Waals surface area contributed by atoms with Gasteiger partial charge in [0.2, 0.25) is 0 Å². The number of amides is 1. The molecule has 0 aliphatic carbocycles. The first kappa shape index (κ1) is 14.3. The Balaban J connectivity index is 2.12. The molecule has 2 aromatic rings. The van der Waals surface area contributed by atoms with E-state index >= 15 is 0 Å². The molecule has 0 radical (unpaired) electrons. The summed E-state index contributed by atoms with van der Waals surface area (Å²) in [5.41, 5.74) is 4.02. The molecule has 0 spiro atoms. The fraction of sp³-hybridized carbons (Fsp3) is 0.312. The number of hydrogen-bond acceptors (Lipinski definition) is 2. The molecule has 4 heteroatoms. The van der Waals surface area contributed by atoms with Gasteiger partial charge in [-0.05, 0) is 31.9 Å². The van der Waals surface area contributed by atoms with E-state index in [-0.39, 0.29) is 5.91 Å². The second-order valence-electron chi connectivity index (χ2n) is 5.01. The van der Waals surface area contributed by atoms with Crippen molar-refractivity contribution in [3.05, 3.63) is 58.4 Å². The van der Waals surface area contributed by atoms with E-state index in [0.717, 1.165) is 22.4 Å². The quantitative estimate of drug-likeness (QED) is 0.801. The van der Waals surface area contributed by atoms with Crippen LogP contribution in [0.1, 0.15) is 45.9 Å². The highest BCUT2D eigenvalue weighted by Crippen LogP contribution is 2.24. The smallest absolute Gasteiger partial charge is 0.268 e. The largest absolute Gasteiger partial charge is 0.389 e. The number of aromatic nitrogens is 1. The van der Waals surface area contributed by atoms with Crippen LogP contribution in [0.3, 0.4) is 0 Å². The second kappa shape index (κ2) is 5.92. The van der Waals surface area contributed by atoms with E-state index in [1.807, 2.05) is 44.2 Å². The van der Waals surface area contributed by atoms with Gasteiger partial charge in [-0.2, -0.15) is 0 Å². The first-order chi connectivity index (χ1) is 9.50. The minimum absolute atomic E-state index is 0.152. The van der Waals surface area contributed by atoms with Crippen LogP contribution in [0.5, 0.6) is 0 Å². The molecule has 0 saturated carbocycles. The molecule has 4 nitrogen and oxygen atoms in total. The SMILES string of the molecule is Cc1[nH]c(C(=O)NCc2ccccc2)c(C)c1[C@H](C)O. The molecule has 1 amide bonds. The third-order valence-electron chi connectivity index (χ3n) is 3.44. The van der Waals surface area contributed by atoms with Gasteiger partial charge >= 0.3 is 0 Å². The minimum Gasteiger partial charge on any atom is -0.389 e. The summed E-state index contributed by atoms with van der Waals surface area (Å²) in [6.07, 6.45) is -0.582. The summed E-state index contributed by atoms with van der Waals surface area (Å²) in [5, 5.41) is 12.6. The Hall–Kier alpha value is -2.07. The van der Waals surface area contributed by atoms with Gasteiger partial charge in [-0.15, -0.1) is 0 Å². The van der Waals surface area contributed by atoms with Crippen molar-refractivity contribution in [2.45, 2.75) is 33.4 Å². The van der Waals surface area contributed by atoms with E-state index in [1.54, 1.807) is 6.92 Å². The molecule has 0 unspecified atom stereocenters. The Morgan fingerprint density at radius 2 is 1.95 bits per heavy atom. The molecule has 0 fully saturated rings. The first-order valence-electron chi connectivity index (χ1n) is 6.70. The number of aliphatic hydroxyl groups excluding tert-OH is 1. The zero-order valence-electron chi connectivity index (χ0n) is 12.0. The van der Waals surface area contributed by atoms with Crippen LogP contribution in [0.25, 0.3) is 0 Å². The lowest BCUT2D eigenvalue weighted by Crippen LogP contribution is -2.23. The summed E-state index contributed by atoms with van der Waals surface area (Å²) in [6.45, 7) is 5.90. The number of aryl methyl sites for hydroxylation is 1. The highest BCUT2D eigenvalue weighted by Gasteiger charge is 2.19. The number of H-pyrrole nitrogens is 1. The van der Waals surface area contributed by atoms with E-state index in [2.05, 4.69) is 10.3 Å². The number of hydrogen-bond donors (Lipinski definition) is 3. The summed E-state index contributed by atoms with van der Waals surface area (Å²) >= 11 is 0. The molecule has 0 aliphatic rings. The number of carbonyl (C=O) groups excluding carboxylic acids is 1. The van der Waals surface area contributed by atoms with E-state index in [1.165, 1.54) is 0 Å². The van der Waals surface area contributed by atoms with Crippen LogP contribution < -0.4 is 5.32 Å². The Kier molecular flexibility index (Phi) is 4.25. The molecule has 2 rings (SSSR count). The number of rotatable bonds is 4. The van der Waals surface area contributed by atoms with Crippen LogP contribution in [0.4, 0.5) is 0 Å². The molecule has 1 aromatic carbocycles. The highest BCUT2D eigenvalue weighted by molar-refractivity contribution is 5.94. The molecule has 1 atom stereocenters. The van der Waals surface area contributed by atoms with Gasteiger partial charge in [0.1, 0.15) is 5.69 Å². The molecule has 106 valence electrons. The van der Waals surface area contributed by atoms with Crippen LogP contribution in [0.15, 0.2) is 30.3 Å². The number of benzene rings is 1. The van der Waals surface area contributed by atoms with Crippen LogP contribution in [0, 0.1) is 13.8 Å². The maximum atomic E-state index is 12.2. The lowest BCUT2D eigenvalue weighted by atomic mass is 10.1. The predicted octanol–water partition coefficient (Wildman–Crippen LogP) is 2.61. The summed E-state index contributed by atoms with van der Waals surface area (Å²) in [6, 6.07) is 9.76. The zero-order valence-corrected chi connectivity index (χ0v) is 12.0. The number of aromatic amines is 1. The second-order valence-corrected chi connectivity index (χ2v) is 5.01. The summed E-state index contributed by atoms with van der Waals surface area (Å²) in [4.78, 5) is 15.3. The van der Waals surface area contributed by atoms with Crippen LogP contribution >= 0.6 is 0 Å². The van der Waals surface area contributed by atoms with Crippen molar-refractivity contribution in [2.75, 3.05) is 0 Å². The van der Waals surface area contributed by atoms with Crippen molar-refractivity contribution in [3.63, 3.8) is 0 Å². The lowest BCUT2D eigenvalue weighted by molar-refractivity contribution is 0.0945. The maximum absolute atomic E-state index is 12.2. The Labute approximate surface area is 118 Å². The molecule has 20 heavy (non-hydrogen) atoms. The fourth-order valence-electron chi connectivity index (χ4n) is 2.48. The molecular formula is C16H20N2O2. The fourth-order valence-corrected chi connectivity index (χ4v) is 2.48. The summed E-state index contributed by atoms with van der Waals surface area (Å²) in [5.74, 6) is -0.152. The van der Waals surface area contributed by atoms with Crippen molar-refractivity contribution < 1.29 is 9.90 Å². The first-order valence-corrected chi connectivity index (χ1v) is 6.70. The molecular weight excluding hydrogens is 252 g/mol. The predicted molar refractivity (Wildman–Crippen MR) is 78.5 cm³/mol. The van der Waals surface area contributed by atoms with Gasteiger partial charge in [0.25, 0.3) is 5.91 Å². The maximum Gasteiger partial charge on any atom is 0.268 e. The Morgan fingerprint density at radius 1 is 1.30 bits per heavy atom. The molecule has 1 aromatic heterocycles. The Bertz CT molecular complexity index is 600. The molecule has 1 heterocycles. The van der Waals surface area contributed by atoms with Gasteiger partial charge in [-0.3, -0.25) is 4.79 Å². The van der Waals surface area contributed by atoms with Crippen molar-refractivity contribution in [2.24, 2.45) is 0 Å². The minimum atomic E-state index is -0.582. The van der Waals surface area contributed by atoms with Gasteiger partial charge < -0.3 is 15.4 Å². The average Bonchev–Trinajstić information content (AvgIpc) is 2.72. The van der Waals surface area contributed by atoms with Crippen LogP contribution in [-0.2, 0) is 6.54 Å². The molecule has 3 N–H and O–H groups in total. The normalized spacial score (nSPS) is 12.2. The standard InChI is InChI=1S/C16H20N2O2/c1-10-14(12(3)19)11(2)18-15(10)16(20)17-9-13-7-5-4-6-8-13/h4-8,12,18-19H,9H2,1-3H3,(H,17,20)/t12-/m0/s1. The summed E-state index contributed by atoms with van der Waals surface area (Å²) < 4.78 is 0. The van der Waals surface area contributed by atoms with Crippen molar-refractivity contribution in [3.8, 4) is 0 Å². The van der Waals surface area contributed by atoms with Crippen molar-refractivity contribution >= 4 is 5.91 Å². The van der Waals surface area contributed by atoms with Gasteiger partial charge in [0.15, 0.2) is 0 Å². The average molecular weight is 272 g/mol. The Morgan fingerprint density at radius 3 is 2.50 bits per heavy atom. The van der Waals surface area contributed by atoms with Crippen LogP contribution in [0.2, 0.25) is 0 Å². The molecule has 0 saturated heterocycles.